The minimum atomic E-state index is 0.135. The topological polar surface area (TPSA) is 17.1 Å². The first-order valence-electron chi connectivity index (χ1n) is 7.85. The maximum absolute atomic E-state index is 11.1. The van der Waals surface area contributed by atoms with E-state index in [2.05, 4.69) is 68.4 Å². The Bertz CT molecular complexity index is 753. The van der Waals surface area contributed by atoms with Crippen molar-refractivity contribution in [2.45, 2.75) is 19.8 Å². The highest BCUT2D eigenvalue weighted by molar-refractivity contribution is 5.75. The van der Waals surface area contributed by atoms with Gasteiger partial charge in [-0.3, -0.25) is 4.79 Å². The van der Waals surface area contributed by atoms with E-state index in [4.69, 9.17) is 0 Å². The number of benzene rings is 3. The van der Waals surface area contributed by atoms with Gasteiger partial charge in [-0.2, -0.15) is 0 Å². The van der Waals surface area contributed by atoms with Crippen LogP contribution in [0.15, 0.2) is 72.8 Å². The Kier molecular flexibility index (Phi) is 4.38. The van der Waals surface area contributed by atoms with Crippen molar-refractivity contribution < 1.29 is 4.79 Å². The van der Waals surface area contributed by atoms with Gasteiger partial charge in [0.1, 0.15) is 6.29 Å². The molecule has 0 spiro atoms. The SMILES string of the molecule is Cc1ccc(C(c2ccc(C)cc2)c2cccc(C=O)c2)cc1. The number of hydrogen-bond donors (Lipinski definition) is 0. The molecule has 0 saturated carbocycles. The molecule has 3 aromatic rings. The van der Waals surface area contributed by atoms with Gasteiger partial charge in [0.15, 0.2) is 0 Å². The van der Waals surface area contributed by atoms with E-state index in [1.54, 1.807) is 0 Å². The fourth-order valence-corrected chi connectivity index (χ4v) is 2.91. The number of aldehydes is 1. The van der Waals surface area contributed by atoms with Crippen molar-refractivity contribution in [3.05, 3.63) is 106 Å². The second kappa shape index (κ2) is 6.62. The molecule has 0 N–H and O–H groups in total. The molecule has 0 amide bonds. The van der Waals surface area contributed by atoms with E-state index in [1.165, 1.54) is 22.3 Å². The predicted molar refractivity (Wildman–Crippen MR) is 95.1 cm³/mol. The number of hydrogen-bond acceptors (Lipinski definition) is 1. The second-order valence-corrected chi connectivity index (χ2v) is 6.04. The minimum absolute atomic E-state index is 0.135. The van der Waals surface area contributed by atoms with Crippen molar-refractivity contribution in [3.8, 4) is 0 Å². The molecule has 114 valence electrons. The molecule has 23 heavy (non-hydrogen) atoms. The Labute approximate surface area is 137 Å². The first kappa shape index (κ1) is 15.2. The summed E-state index contributed by atoms with van der Waals surface area (Å²) in [5.74, 6) is 0.135. The lowest BCUT2D eigenvalue weighted by atomic mass is 9.84. The monoisotopic (exact) mass is 300 g/mol. The Morgan fingerprint density at radius 1 is 0.696 bits per heavy atom. The van der Waals surface area contributed by atoms with Gasteiger partial charge >= 0.3 is 0 Å². The van der Waals surface area contributed by atoms with Crippen LogP contribution >= 0.6 is 0 Å². The van der Waals surface area contributed by atoms with Crippen molar-refractivity contribution in [2.24, 2.45) is 0 Å². The quantitative estimate of drug-likeness (QED) is 0.472. The van der Waals surface area contributed by atoms with Crippen LogP contribution in [0, 0.1) is 13.8 Å². The fraction of sp³-hybridized carbons (Fsp3) is 0.136. The molecule has 1 nitrogen and oxygen atoms in total. The molecular weight excluding hydrogens is 280 g/mol. The number of rotatable bonds is 4. The van der Waals surface area contributed by atoms with Crippen molar-refractivity contribution >= 4 is 6.29 Å². The zero-order chi connectivity index (χ0) is 16.2. The summed E-state index contributed by atoms with van der Waals surface area (Å²) in [6, 6.07) is 25.1. The summed E-state index contributed by atoms with van der Waals surface area (Å²) in [5.41, 5.74) is 6.83. The number of carbonyl (C=O) groups excluding carboxylic acids is 1. The Balaban J connectivity index is 2.14. The van der Waals surface area contributed by atoms with E-state index in [1.807, 2.05) is 18.2 Å². The predicted octanol–water partition coefficient (Wildman–Crippen LogP) is 5.30. The third-order valence-corrected chi connectivity index (χ3v) is 4.20. The lowest BCUT2D eigenvalue weighted by Gasteiger charge is -2.19. The van der Waals surface area contributed by atoms with Crippen LogP contribution in [0.1, 0.15) is 44.1 Å². The van der Waals surface area contributed by atoms with Crippen molar-refractivity contribution in [3.63, 3.8) is 0 Å². The third-order valence-electron chi connectivity index (χ3n) is 4.20. The molecule has 0 heterocycles. The first-order valence-corrected chi connectivity index (χ1v) is 7.85. The Hall–Kier alpha value is -2.67. The summed E-state index contributed by atoms with van der Waals surface area (Å²) in [4.78, 5) is 11.1. The van der Waals surface area contributed by atoms with Crippen molar-refractivity contribution in [1.29, 1.82) is 0 Å². The summed E-state index contributed by atoms with van der Waals surface area (Å²) < 4.78 is 0. The van der Waals surface area contributed by atoms with Crippen LogP contribution in [0.25, 0.3) is 0 Å². The third kappa shape index (κ3) is 3.40. The lowest BCUT2D eigenvalue weighted by Crippen LogP contribution is -2.04. The summed E-state index contributed by atoms with van der Waals surface area (Å²) >= 11 is 0. The van der Waals surface area contributed by atoms with Gasteiger partial charge in [0, 0.05) is 11.5 Å². The molecule has 0 bridgehead atoms. The van der Waals surface area contributed by atoms with Gasteiger partial charge in [0.05, 0.1) is 0 Å². The molecule has 0 aliphatic heterocycles. The van der Waals surface area contributed by atoms with Gasteiger partial charge in [-0.05, 0) is 36.6 Å². The van der Waals surface area contributed by atoms with Crippen LogP contribution in [0.2, 0.25) is 0 Å². The molecule has 0 aromatic heterocycles. The van der Waals surface area contributed by atoms with Crippen molar-refractivity contribution in [2.75, 3.05) is 0 Å². The molecule has 0 unspecified atom stereocenters. The smallest absolute Gasteiger partial charge is 0.150 e. The molecule has 0 aliphatic rings. The van der Waals surface area contributed by atoms with Gasteiger partial charge in [-0.25, -0.2) is 0 Å². The number of carbonyl (C=O) groups is 1. The van der Waals surface area contributed by atoms with Crippen LogP contribution in [0.5, 0.6) is 0 Å². The molecule has 1 heteroatoms. The molecule has 0 atom stereocenters. The Morgan fingerprint density at radius 3 is 1.70 bits per heavy atom. The van der Waals surface area contributed by atoms with Gasteiger partial charge in [-0.15, -0.1) is 0 Å². The van der Waals surface area contributed by atoms with Crippen LogP contribution in [0.4, 0.5) is 0 Å². The molecule has 3 aromatic carbocycles. The maximum atomic E-state index is 11.1. The normalized spacial score (nSPS) is 10.7. The van der Waals surface area contributed by atoms with Crippen LogP contribution in [0.3, 0.4) is 0 Å². The fourth-order valence-electron chi connectivity index (χ4n) is 2.91. The summed E-state index contributed by atoms with van der Waals surface area (Å²) in [6.07, 6.45) is 0.908. The summed E-state index contributed by atoms with van der Waals surface area (Å²) in [7, 11) is 0. The average molecular weight is 300 g/mol. The van der Waals surface area contributed by atoms with Gasteiger partial charge < -0.3 is 0 Å². The minimum Gasteiger partial charge on any atom is -0.298 e. The molecule has 0 fully saturated rings. The lowest BCUT2D eigenvalue weighted by molar-refractivity contribution is 0.112. The number of aryl methyl sites for hydroxylation is 2. The summed E-state index contributed by atoms with van der Waals surface area (Å²) in [6.45, 7) is 4.19. The van der Waals surface area contributed by atoms with Crippen LogP contribution in [-0.4, -0.2) is 6.29 Å². The van der Waals surface area contributed by atoms with E-state index in [9.17, 15) is 4.79 Å². The Morgan fingerprint density at radius 2 is 1.22 bits per heavy atom. The van der Waals surface area contributed by atoms with Crippen molar-refractivity contribution in [1.82, 2.24) is 0 Å². The molecule has 0 radical (unpaired) electrons. The van der Waals surface area contributed by atoms with Gasteiger partial charge in [0.2, 0.25) is 0 Å². The van der Waals surface area contributed by atoms with Crippen LogP contribution < -0.4 is 0 Å². The molecular formula is C22H20O. The second-order valence-electron chi connectivity index (χ2n) is 6.04. The van der Waals surface area contributed by atoms with Gasteiger partial charge in [0.25, 0.3) is 0 Å². The highest BCUT2D eigenvalue weighted by atomic mass is 16.1. The molecule has 3 rings (SSSR count). The average Bonchev–Trinajstić information content (AvgIpc) is 2.59. The molecule has 0 saturated heterocycles. The van der Waals surface area contributed by atoms with Crippen LogP contribution in [-0.2, 0) is 0 Å². The zero-order valence-corrected chi connectivity index (χ0v) is 13.5. The molecule has 0 aliphatic carbocycles. The highest BCUT2D eigenvalue weighted by Crippen LogP contribution is 2.32. The van der Waals surface area contributed by atoms with E-state index in [-0.39, 0.29) is 5.92 Å². The largest absolute Gasteiger partial charge is 0.298 e. The maximum Gasteiger partial charge on any atom is 0.150 e. The van der Waals surface area contributed by atoms with E-state index >= 15 is 0 Å². The summed E-state index contributed by atoms with van der Waals surface area (Å²) in [5, 5.41) is 0. The standard InChI is InChI=1S/C22H20O/c1-16-6-10-19(11-7-16)22(20-12-8-17(2)9-13-20)21-5-3-4-18(14-21)15-23/h3-15,22H,1-2H3. The van der Waals surface area contributed by atoms with E-state index < -0.39 is 0 Å². The van der Waals surface area contributed by atoms with E-state index in [0.29, 0.717) is 5.56 Å². The highest BCUT2D eigenvalue weighted by Gasteiger charge is 2.17. The first-order chi connectivity index (χ1) is 11.2. The zero-order valence-electron chi connectivity index (χ0n) is 13.5. The van der Waals surface area contributed by atoms with Gasteiger partial charge in [-0.1, -0.05) is 77.9 Å². The van der Waals surface area contributed by atoms with E-state index in [0.717, 1.165) is 11.8 Å².